The van der Waals surface area contributed by atoms with Crippen molar-refractivity contribution < 1.29 is 8.78 Å². The van der Waals surface area contributed by atoms with E-state index in [9.17, 15) is 8.78 Å². The van der Waals surface area contributed by atoms with E-state index >= 15 is 0 Å². The molecule has 0 saturated heterocycles. The van der Waals surface area contributed by atoms with Gasteiger partial charge < -0.3 is 5.73 Å². The first-order valence-corrected chi connectivity index (χ1v) is 7.68. The van der Waals surface area contributed by atoms with Crippen LogP contribution in [0, 0.1) is 11.6 Å². The quantitative estimate of drug-likeness (QED) is 0.870. The summed E-state index contributed by atoms with van der Waals surface area (Å²) in [6, 6.07) is 3.92. The number of nitrogen functional groups attached to an aromatic ring is 1. The third kappa shape index (κ3) is 2.54. The summed E-state index contributed by atoms with van der Waals surface area (Å²) in [6.45, 7) is 0. The Morgan fingerprint density at radius 2 is 1.85 bits per heavy atom. The summed E-state index contributed by atoms with van der Waals surface area (Å²) in [5.41, 5.74) is 7.16. The van der Waals surface area contributed by atoms with E-state index in [1.807, 2.05) is 0 Å². The maximum atomic E-state index is 13.4. The number of thiazole rings is 1. The molecule has 1 saturated carbocycles. The number of nitrogens with two attached hydrogens (primary N) is 1. The van der Waals surface area contributed by atoms with Gasteiger partial charge in [0.1, 0.15) is 0 Å². The second-order valence-electron chi connectivity index (χ2n) is 5.23. The molecule has 2 nitrogen and oxygen atoms in total. The van der Waals surface area contributed by atoms with E-state index in [1.54, 1.807) is 6.07 Å². The molecule has 1 aliphatic carbocycles. The van der Waals surface area contributed by atoms with Gasteiger partial charge in [0, 0.05) is 10.4 Å². The molecule has 20 heavy (non-hydrogen) atoms. The number of hydrogen-bond acceptors (Lipinski definition) is 3. The molecule has 106 valence electrons. The van der Waals surface area contributed by atoms with Crippen LogP contribution in [0.4, 0.5) is 13.9 Å². The Bertz CT molecular complexity index is 618. The monoisotopic (exact) mass is 294 g/mol. The summed E-state index contributed by atoms with van der Waals surface area (Å²) in [5, 5.41) is 0.491. The average molecular weight is 294 g/mol. The highest BCUT2D eigenvalue weighted by atomic mass is 32.1. The van der Waals surface area contributed by atoms with Gasteiger partial charge in [0.25, 0.3) is 0 Å². The fourth-order valence-corrected chi connectivity index (χ4v) is 3.87. The number of hydrogen-bond donors (Lipinski definition) is 1. The van der Waals surface area contributed by atoms with E-state index < -0.39 is 11.6 Å². The summed E-state index contributed by atoms with van der Waals surface area (Å²) in [5.74, 6) is -1.23. The zero-order valence-electron chi connectivity index (χ0n) is 11.0. The first-order valence-electron chi connectivity index (χ1n) is 6.87. The van der Waals surface area contributed by atoms with Crippen LogP contribution in [0.2, 0.25) is 0 Å². The topological polar surface area (TPSA) is 38.9 Å². The highest BCUT2D eigenvalue weighted by Gasteiger charge is 2.23. The van der Waals surface area contributed by atoms with Gasteiger partial charge in [-0.2, -0.15) is 0 Å². The van der Waals surface area contributed by atoms with Crippen LogP contribution in [0.1, 0.15) is 42.9 Å². The van der Waals surface area contributed by atoms with Crippen LogP contribution in [0.3, 0.4) is 0 Å². The van der Waals surface area contributed by atoms with Gasteiger partial charge in [-0.1, -0.05) is 19.3 Å². The standard InChI is InChI=1S/C15H16F2N2S/c16-11-7-6-10(8-12(11)17)13-14(20-15(18)19-13)9-4-2-1-3-5-9/h6-9H,1-5H2,(H2,18,19). The molecule has 1 fully saturated rings. The normalized spacial score (nSPS) is 16.5. The fraction of sp³-hybridized carbons (Fsp3) is 0.400. The number of anilines is 1. The minimum atomic E-state index is -0.844. The molecule has 0 amide bonds. The number of aromatic nitrogens is 1. The van der Waals surface area contributed by atoms with Gasteiger partial charge >= 0.3 is 0 Å². The fourth-order valence-electron chi connectivity index (χ4n) is 2.84. The first kappa shape index (κ1) is 13.5. The van der Waals surface area contributed by atoms with E-state index in [2.05, 4.69) is 4.98 Å². The van der Waals surface area contributed by atoms with Crippen LogP contribution in [0.5, 0.6) is 0 Å². The summed E-state index contributed by atoms with van der Waals surface area (Å²) in [6.07, 6.45) is 5.93. The van der Waals surface area contributed by atoms with Gasteiger partial charge in [-0.05, 0) is 37.0 Å². The molecular weight excluding hydrogens is 278 g/mol. The molecule has 0 radical (unpaired) electrons. The first-order chi connectivity index (χ1) is 9.65. The van der Waals surface area contributed by atoms with Crippen molar-refractivity contribution in [3.8, 4) is 11.3 Å². The van der Waals surface area contributed by atoms with Gasteiger partial charge in [-0.15, -0.1) is 11.3 Å². The lowest BCUT2D eigenvalue weighted by molar-refractivity contribution is 0.448. The minimum absolute atomic E-state index is 0.446. The molecule has 1 aromatic carbocycles. The predicted octanol–water partition coefficient (Wildman–Crippen LogP) is 4.72. The van der Waals surface area contributed by atoms with Gasteiger partial charge in [0.2, 0.25) is 0 Å². The van der Waals surface area contributed by atoms with E-state index in [0.717, 1.165) is 29.5 Å². The average Bonchev–Trinajstić information content (AvgIpc) is 2.85. The molecular formula is C15H16F2N2S. The second kappa shape index (κ2) is 5.48. The van der Waals surface area contributed by atoms with Crippen molar-refractivity contribution in [1.29, 1.82) is 0 Å². The maximum Gasteiger partial charge on any atom is 0.180 e. The predicted molar refractivity (Wildman–Crippen MR) is 77.7 cm³/mol. The van der Waals surface area contributed by atoms with Crippen molar-refractivity contribution in [2.75, 3.05) is 5.73 Å². The van der Waals surface area contributed by atoms with Crippen molar-refractivity contribution >= 4 is 16.5 Å². The third-order valence-corrected chi connectivity index (χ3v) is 4.89. The smallest absolute Gasteiger partial charge is 0.180 e. The summed E-state index contributed by atoms with van der Waals surface area (Å²) in [4.78, 5) is 5.45. The Balaban J connectivity index is 2.01. The van der Waals surface area contributed by atoms with Gasteiger partial charge in [-0.3, -0.25) is 0 Å². The number of halogens is 2. The Morgan fingerprint density at radius 1 is 1.10 bits per heavy atom. The minimum Gasteiger partial charge on any atom is -0.375 e. The molecule has 0 bridgehead atoms. The number of nitrogens with zero attached hydrogens (tertiary/aromatic N) is 1. The van der Waals surface area contributed by atoms with E-state index in [4.69, 9.17) is 5.73 Å². The molecule has 1 heterocycles. The van der Waals surface area contributed by atoms with Crippen molar-refractivity contribution in [3.63, 3.8) is 0 Å². The number of benzene rings is 1. The maximum absolute atomic E-state index is 13.4. The molecule has 1 aromatic heterocycles. The van der Waals surface area contributed by atoms with Crippen molar-refractivity contribution in [2.45, 2.75) is 38.0 Å². The highest BCUT2D eigenvalue weighted by molar-refractivity contribution is 7.15. The van der Waals surface area contributed by atoms with Crippen LogP contribution in [-0.2, 0) is 0 Å². The molecule has 1 aliphatic rings. The molecule has 5 heteroatoms. The third-order valence-electron chi connectivity index (χ3n) is 3.84. The van der Waals surface area contributed by atoms with E-state index in [1.165, 1.54) is 36.7 Å². The lowest BCUT2D eigenvalue weighted by Crippen LogP contribution is -2.04. The lowest BCUT2D eigenvalue weighted by atomic mass is 9.87. The van der Waals surface area contributed by atoms with Gasteiger partial charge in [0.15, 0.2) is 16.8 Å². The molecule has 0 atom stereocenters. The molecule has 0 spiro atoms. The van der Waals surface area contributed by atoms with Crippen LogP contribution in [0.15, 0.2) is 18.2 Å². The number of rotatable bonds is 2. The Labute approximate surface area is 120 Å². The van der Waals surface area contributed by atoms with Crippen molar-refractivity contribution in [3.05, 3.63) is 34.7 Å². The summed E-state index contributed by atoms with van der Waals surface area (Å²) < 4.78 is 26.5. The zero-order chi connectivity index (χ0) is 14.1. The van der Waals surface area contributed by atoms with E-state index in [0.29, 0.717) is 16.6 Å². The molecule has 2 N–H and O–H groups in total. The molecule has 2 aromatic rings. The zero-order valence-corrected chi connectivity index (χ0v) is 11.9. The Kier molecular flexibility index (Phi) is 3.70. The highest BCUT2D eigenvalue weighted by Crippen LogP contribution is 2.42. The van der Waals surface area contributed by atoms with Crippen LogP contribution >= 0.6 is 11.3 Å². The van der Waals surface area contributed by atoms with Crippen molar-refractivity contribution in [1.82, 2.24) is 4.98 Å². The lowest BCUT2D eigenvalue weighted by Gasteiger charge is -2.21. The van der Waals surface area contributed by atoms with Gasteiger partial charge in [0.05, 0.1) is 5.69 Å². The molecule has 0 unspecified atom stereocenters. The summed E-state index contributed by atoms with van der Waals surface area (Å²) >= 11 is 1.48. The van der Waals surface area contributed by atoms with Gasteiger partial charge in [-0.25, -0.2) is 13.8 Å². The van der Waals surface area contributed by atoms with Crippen LogP contribution in [0.25, 0.3) is 11.3 Å². The summed E-state index contributed by atoms with van der Waals surface area (Å²) in [7, 11) is 0. The Morgan fingerprint density at radius 3 is 2.55 bits per heavy atom. The van der Waals surface area contributed by atoms with E-state index in [-0.39, 0.29) is 0 Å². The Hall–Kier alpha value is -1.49. The second-order valence-corrected chi connectivity index (χ2v) is 6.29. The van der Waals surface area contributed by atoms with Crippen LogP contribution < -0.4 is 5.73 Å². The van der Waals surface area contributed by atoms with Crippen molar-refractivity contribution in [2.24, 2.45) is 0 Å². The molecule has 3 rings (SSSR count). The largest absolute Gasteiger partial charge is 0.375 e. The SMILES string of the molecule is Nc1nc(-c2ccc(F)c(F)c2)c(C2CCCCC2)s1. The van der Waals surface area contributed by atoms with Crippen LogP contribution in [-0.4, -0.2) is 4.98 Å². The molecule has 0 aliphatic heterocycles.